The average molecular weight is 443 g/mol. The Balaban J connectivity index is 1.85. The molecule has 8 heteroatoms. The van der Waals surface area contributed by atoms with Crippen LogP contribution in [0, 0.1) is 0 Å². The molecule has 0 radical (unpaired) electrons. The van der Waals surface area contributed by atoms with Crippen molar-refractivity contribution in [1.29, 1.82) is 0 Å². The van der Waals surface area contributed by atoms with Gasteiger partial charge in [-0.05, 0) is 59.5 Å². The van der Waals surface area contributed by atoms with Gasteiger partial charge in [-0.2, -0.15) is 0 Å². The zero-order valence-corrected chi connectivity index (χ0v) is 17.3. The van der Waals surface area contributed by atoms with Crippen molar-refractivity contribution >= 4 is 33.7 Å². The molecule has 0 saturated heterocycles. The summed E-state index contributed by atoms with van der Waals surface area (Å²) in [5.74, 6) is -1.02. The average Bonchev–Trinajstić information content (AvgIpc) is 2.73. The standard InChI is InChI=1S/C22H19ClN2O4S/c23-19-8-10-20(11-9-19)30(28,29)25-21(18-2-1-13-24-15-18)14-17-5-3-16(4-6-17)7-12-22(26)27/h1-13,15,21,25H,14H2,(H,26,27). The number of sulfonamides is 1. The first-order valence-electron chi connectivity index (χ1n) is 9.01. The Kier molecular flexibility index (Phi) is 6.99. The van der Waals surface area contributed by atoms with Crippen LogP contribution >= 0.6 is 11.6 Å². The number of carbonyl (C=O) groups is 1. The maximum absolute atomic E-state index is 12.9. The normalized spacial score (nSPS) is 12.7. The molecule has 0 aliphatic rings. The van der Waals surface area contributed by atoms with Crippen molar-refractivity contribution < 1.29 is 18.3 Å². The third-order valence-corrected chi connectivity index (χ3v) is 6.09. The first kappa shape index (κ1) is 21.7. The Hall–Kier alpha value is -3.00. The Labute approximate surface area is 179 Å². The Morgan fingerprint density at radius 2 is 1.80 bits per heavy atom. The molecule has 2 aromatic carbocycles. The number of carboxylic acid groups (broad SMARTS) is 1. The molecule has 0 spiro atoms. The highest BCUT2D eigenvalue weighted by atomic mass is 35.5. The van der Waals surface area contributed by atoms with E-state index in [0.717, 1.165) is 22.8 Å². The summed E-state index contributed by atoms with van der Waals surface area (Å²) in [4.78, 5) is 14.9. The van der Waals surface area contributed by atoms with Crippen molar-refractivity contribution in [2.24, 2.45) is 0 Å². The Morgan fingerprint density at radius 3 is 2.40 bits per heavy atom. The first-order valence-corrected chi connectivity index (χ1v) is 10.9. The molecule has 0 amide bonds. The van der Waals surface area contributed by atoms with Gasteiger partial charge in [0.2, 0.25) is 10.0 Å². The molecule has 30 heavy (non-hydrogen) atoms. The minimum Gasteiger partial charge on any atom is -0.478 e. The van der Waals surface area contributed by atoms with E-state index in [4.69, 9.17) is 16.7 Å². The van der Waals surface area contributed by atoms with Gasteiger partial charge in [-0.1, -0.05) is 41.9 Å². The summed E-state index contributed by atoms with van der Waals surface area (Å²) >= 11 is 5.86. The topological polar surface area (TPSA) is 96.4 Å². The summed E-state index contributed by atoms with van der Waals surface area (Å²) in [6.45, 7) is 0. The van der Waals surface area contributed by atoms with Crippen molar-refractivity contribution in [2.45, 2.75) is 17.4 Å². The number of aliphatic carboxylic acids is 1. The maximum Gasteiger partial charge on any atom is 0.328 e. The van der Waals surface area contributed by atoms with E-state index in [-0.39, 0.29) is 4.90 Å². The van der Waals surface area contributed by atoms with E-state index in [0.29, 0.717) is 11.4 Å². The number of rotatable bonds is 8. The van der Waals surface area contributed by atoms with Gasteiger partial charge >= 0.3 is 5.97 Å². The highest BCUT2D eigenvalue weighted by Crippen LogP contribution is 2.22. The van der Waals surface area contributed by atoms with Crippen LogP contribution in [0.4, 0.5) is 0 Å². The lowest BCUT2D eigenvalue weighted by Gasteiger charge is -2.19. The molecule has 1 heterocycles. The molecule has 0 fully saturated rings. The second-order valence-corrected chi connectivity index (χ2v) is 8.68. The number of hydrogen-bond donors (Lipinski definition) is 2. The predicted molar refractivity (Wildman–Crippen MR) is 116 cm³/mol. The number of benzene rings is 2. The number of halogens is 1. The second kappa shape index (κ2) is 9.67. The fraction of sp³-hybridized carbons (Fsp3) is 0.0909. The SMILES string of the molecule is O=C(O)C=Cc1ccc(CC(NS(=O)(=O)c2ccc(Cl)cc2)c2cccnc2)cc1. The lowest BCUT2D eigenvalue weighted by molar-refractivity contribution is -0.131. The molecule has 0 saturated carbocycles. The van der Waals surface area contributed by atoms with Crippen molar-refractivity contribution in [1.82, 2.24) is 9.71 Å². The molecular weight excluding hydrogens is 424 g/mol. The van der Waals surface area contributed by atoms with Gasteiger partial charge in [0.1, 0.15) is 0 Å². The maximum atomic E-state index is 12.9. The molecule has 1 atom stereocenters. The second-order valence-electron chi connectivity index (χ2n) is 6.53. The summed E-state index contributed by atoms with van der Waals surface area (Å²) in [6, 6.07) is 16.2. The van der Waals surface area contributed by atoms with Crippen molar-refractivity contribution in [3.8, 4) is 0 Å². The third-order valence-electron chi connectivity index (χ3n) is 4.35. The van der Waals surface area contributed by atoms with Crippen LogP contribution in [-0.4, -0.2) is 24.5 Å². The van der Waals surface area contributed by atoms with Crippen LogP contribution in [0.3, 0.4) is 0 Å². The quantitative estimate of drug-likeness (QED) is 0.512. The molecule has 3 aromatic rings. The van der Waals surface area contributed by atoms with E-state index in [1.807, 2.05) is 18.2 Å². The smallest absolute Gasteiger partial charge is 0.328 e. The minimum atomic E-state index is -3.78. The van der Waals surface area contributed by atoms with Gasteiger partial charge in [-0.3, -0.25) is 4.98 Å². The lowest BCUT2D eigenvalue weighted by atomic mass is 10.00. The van der Waals surface area contributed by atoms with Gasteiger partial charge in [0, 0.05) is 23.5 Å². The van der Waals surface area contributed by atoms with Crippen LogP contribution in [0.15, 0.2) is 84.0 Å². The van der Waals surface area contributed by atoms with Crippen LogP contribution in [0.2, 0.25) is 5.02 Å². The summed E-state index contributed by atoms with van der Waals surface area (Å²) in [5.41, 5.74) is 2.35. The zero-order valence-electron chi connectivity index (χ0n) is 15.8. The van der Waals surface area contributed by atoms with Gasteiger partial charge < -0.3 is 5.11 Å². The van der Waals surface area contributed by atoms with Crippen LogP contribution in [0.25, 0.3) is 6.08 Å². The predicted octanol–water partition coefficient (Wildman–Crippen LogP) is 4.10. The molecule has 0 aliphatic heterocycles. The molecule has 154 valence electrons. The van der Waals surface area contributed by atoms with E-state index in [1.54, 1.807) is 30.6 Å². The first-order chi connectivity index (χ1) is 14.3. The van der Waals surface area contributed by atoms with E-state index < -0.39 is 22.0 Å². The molecule has 0 bridgehead atoms. The third kappa shape index (κ3) is 6.00. The molecule has 1 unspecified atom stereocenters. The van der Waals surface area contributed by atoms with Crippen LogP contribution in [0.5, 0.6) is 0 Å². The molecule has 3 rings (SSSR count). The lowest BCUT2D eigenvalue weighted by Crippen LogP contribution is -2.30. The van der Waals surface area contributed by atoms with E-state index in [2.05, 4.69) is 9.71 Å². The number of nitrogens with one attached hydrogen (secondary N) is 1. The molecular formula is C22H19ClN2O4S. The van der Waals surface area contributed by atoms with E-state index >= 15 is 0 Å². The van der Waals surface area contributed by atoms with Crippen molar-refractivity contribution in [3.63, 3.8) is 0 Å². The van der Waals surface area contributed by atoms with Gasteiger partial charge in [-0.15, -0.1) is 0 Å². The molecule has 0 aliphatic carbocycles. The molecule has 1 aromatic heterocycles. The number of hydrogen-bond acceptors (Lipinski definition) is 4. The van der Waals surface area contributed by atoms with Gasteiger partial charge in [0.05, 0.1) is 10.9 Å². The highest BCUT2D eigenvalue weighted by molar-refractivity contribution is 7.89. The summed E-state index contributed by atoms with van der Waals surface area (Å²) in [6.07, 6.45) is 6.19. The van der Waals surface area contributed by atoms with Gasteiger partial charge in [-0.25, -0.2) is 17.9 Å². The largest absolute Gasteiger partial charge is 0.478 e. The van der Waals surface area contributed by atoms with Gasteiger partial charge in [0.25, 0.3) is 0 Å². The fourth-order valence-corrected chi connectivity index (χ4v) is 4.20. The van der Waals surface area contributed by atoms with Crippen LogP contribution in [-0.2, 0) is 21.2 Å². The number of carboxylic acids is 1. The minimum absolute atomic E-state index is 0.120. The summed E-state index contributed by atoms with van der Waals surface area (Å²) in [5, 5.41) is 9.18. The van der Waals surface area contributed by atoms with Crippen molar-refractivity contribution in [2.75, 3.05) is 0 Å². The van der Waals surface area contributed by atoms with Gasteiger partial charge in [0.15, 0.2) is 0 Å². The van der Waals surface area contributed by atoms with Crippen LogP contribution in [0.1, 0.15) is 22.7 Å². The highest BCUT2D eigenvalue weighted by Gasteiger charge is 2.22. The molecule has 6 nitrogen and oxygen atoms in total. The van der Waals surface area contributed by atoms with Crippen LogP contribution < -0.4 is 4.72 Å². The van der Waals surface area contributed by atoms with E-state index in [1.165, 1.54) is 30.3 Å². The molecule has 2 N–H and O–H groups in total. The monoisotopic (exact) mass is 442 g/mol. The number of nitrogens with zero attached hydrogens (tertiary/aromatic N) is 1. The van der Waals surface area contributed by atoms with E-state index in [9.17, 15) is 13.2 Å². The summed E-state index contributed by atoms with van der Waals surface area (Å²) in [7, 11) is -3.78. The number of pyridine rings is 1. The fourth-order valence-electron chi connectivity index (χ4n) is 2.85. The zero-order chi connectivity index (χ0) is 21.6. The number of aromatic nitrogens is 1. The Bertz CT molecular complexity index is 1130. The Morgan fingerprint density at radius 1 is 1.10 bits per heavy atom. The summed E-state index contributed by atoms with van der Waals surface area (Å²) < 4.78 is 28.5. The van der Waals surface area contributed by atoms with Crippen molar-refractivity contribution in [3.05, 3.63) is 101 Å².